The number of piperidine rings is 1. The van der Waals surface area contributed by atoms with Gasteiger partial charge in [0.2, 0.25) is 5.91 Å². The molecule has 0 radical (unpaired) electrons. The normalized spacial score (nSPS) is 30.2. The summed E-state index contributed by atoms with van der Waals surface area (Å²) in [7, 11) is 2.15. The number of pyridine rings is 1. The van der Waals surface area contributed by atoms with Gasteiger partial charge >= 0.3 is 0 Å². The van der Waals surface area contributed by atoms with Crippen LogP contribution in [0.1, 0.15) is 37.8 Å². The molecule has 1 aromatic heterocycles. The molecule has 5 nitrogen and oxygen atoms in total. The molecule has 2 atom stereocenters. The predicted molar refractivity (Wildman–Crippen MR) is 91.3 cm³/mol. The number of hydrogen-bond acceptors (Lipinski definition) is 4. The number of aromatic nitrogens is 1. The molecule has 2 aliphatic heterocycles. The highest BCUT2D eigenvalue weighted by Gasteiger charge is 2.47. The summed E-state index contributed by atoms with van der Waals surface area (Å²) >= 11 is 0. The van der Waals surface area contributed by atoms with E-state index < -0.39 is 0 Å². The Morgan fingerprint density at radius 2 is 2.33 bits per heavy atom. The quantitative estimate of drug-likeness (QED) is 0.848. The molecule has 0 N–H and O–H groups in total. The number of rotatable bonds is 4. The smallest absolute Gasteiger partial charge is 0.225 e. The molecular formula is C19H27N3O2. The van der Waals surface area contributed by atoms with Crippen LogP contribution >= 0.6 is 0 Å². The first kappa shape index (κ1) is 16.0. The lowest BCUT2D eigenvalue weighted by Gasteiger charge is -2.40. The lowest BCUT2D eigenvalue weighted by Crippen LogP contribution is -2.51. The molecular weight excluding hydrogens is 302 g/mol. The monoisotopic (exact) mass is 329 g/mol. The summed E-state index contributed by atoms with van der Waals surface area (Å²) in [5.41, 5.74) is 0.974. The van der Waals surface area contributed by atoms with E-state index in [4.69, 9.17) is 4.74 Å². The molecule has 1 saturated carbocycles. The predicted octanol–water partition coefficient (Wildman–Crippen LogP) is 2.07. The van der Waals surface area contributed by atoms with E-state index in [-0.39, 0.29) is 5.60 Å². The highest BCUT2D eigenvalue weighted by Crippen LogP contribution is 2.39. The standard InChI is InChI=1S/C19H27N3O2/c1-21(12-16-5-2-3-9-20-16)17-11-19(24-13-17)8-4-10-22(14-19)18(23)15-6-7-15/h2-3,5,9,15,17H,4,6-8,10-14H2,1H3/t17-,19+/m0/s1. The van der Waals surface area contributed by atoms with Crippen molar-refractivity contribution in [1.82, 2.24) is 14.8 Å². The van der Waals surface area contributed by atoms with E-state index in [1.807, 2.05) is 18.3 Å². The zero-order chi connectivity index (χ0) is 16.6. The lowest BCUT2D eigenvalue weighted by molar-refractivity contribution is -0.140. The van der Waals surface area contributed by atoms with Gasteiger partial charge in [0.25, 0.3) is 0 Å². The second kappa shape index (κ2) is 6.45. The SMILES string of the molecule is CN(Cc1ccccn1)[C@@H]1CO[C@]2(CCCN(C(=O)C3CC3)C2)C1. The average molecular weight is 329 g/mol. The minimum atomic E-state index is -0.119. The van der Waals surface area contributed by atoms with Crippen LogP contribution < -0.4 is 0 Å². The fourth-order valence-electron chi connectivity index (χ4n) is 4.14. The van der Waals surface area contributed by atoms with Gasteiger partial charge in [-0.3, -0.25) is 14.7 Å². The number of ether oxygens (including phenoxy) is 1. The Labute approximate surface area is 144 Å². The molecule has 0 aromatic carbocycles. The van der Waals surface area contributed by atoms with Crippen LogP contribution in [0.2, 0.25) is 0 Å². The number of carbonyl (C=O) groups excluding carboxylic acids is 1. The largest absolute Gasteiger partial charge is 0.371 e. The van der Waals surface area contributed by atoms with Crippen LogP contribution in [0.4, 0.5) is 0 Å². The zero-order valence-corrected chi connectivity index (χ0v) is 14.5. The summed E-state index contributed by atoms with van der Waals surface area (Å²) in [5, 5.41) is 0. The number of hydrogen-bond donors (Lipinski definition) is 0. The topological polar surface area (TPSA) is 45.7 Å². The second-order valence-electron chi connectivity index (χ2n) is 7.73. The van der Waals surface area contributed by atoms with Crippen molar-refractivity contribution in [3.63, 3.8) is 0 Å². The van der Waals surface area contributed by atoms with Crippen molar-refractivity contribution < 1.29 is 9.53 Å². The van der Waals surface area contributed by atoms with Crippen molar-refractivity contribution in [2.24, 2.45) is 5.92 Å². The van der Waals surface area contributed by atoms with Gasteiger partial charge in [0.1, 0.15) is 0 Å². The molecule has 2 saturated heterocycles. The van der Waals surface area contributed by atoms with Gasteiger partial charge in [-0.2, -0.15) is 0 Å². The van der Waals surface area contributed by atoms with E-state index in [9.17, 15) is 4.79 Å². The summed E-state index contributed by atoms with van der Waals surface area (Å²) in [6.45, 7) is 3.30. The molecule has 0 unspecified atom stereocenters. The lowest BCUT2D eigenvalue weighted by atomic mass is 9.88. The summed E-state index contributed by atoms with van der Waals surface area (Å²) in [5.74, 6) is 0.673. The molecule has 1 aromatic rings. The first-order chi connectivity index (χ1) is 11.7. The van der Waals surface area contributed by atoms with Crippen LogP contribution in [0.15, 0.2) is 24.4 Å². The molecule has 5 heteroatoms. The number of carbonyl (C=O) groups is 1. The summed E-state index contributed by atoms with van der Waals surface area (Å²) < 4.78 is 6.28. The van der Waals surface area contributed by atoms with Gasteiger partial charge in [0.05, 0.1) is 17.9 Å². The molecule has 3 fully saturated rings. The minimum Gasteiger partial charge on any atom is -0.371 e. The molecule has 1 spiro atoms. The highest BCUT2D eigenvalue weighted by molar-refractivity contribution is 5.81. The molecule has 1 aliphatic carbocycles. The van der Waals surface area contributed by atoms with Gasteiger partial charge in [-0.15, -0.1) is 0 Å². The van der Waals surface area contributed by atoms with Crippen LogP contribution in [0.5, 0.6) is 0 Å². The van der Waals surface area contributed by atoms with Crippen molar-refractivity contribution in [3.8, 4) is 0 Å². The molecule has 130 valence electrons. The molecule has 4 rings (SSSR count). The Morgan fingerprint density at radius 3 is 3.08 bits per heavy atom. The number of likely N-dealkylation sites (tertiary alicyclic amines) is 1. The van der Waals surface area contributed by atoms with E-state index >= 15 is 0 Å². The van der Waals surface area contributed by atoms with Crippen molar-refractivity contribution in [3.05, 3.63) is 30.1 Å². The first-order valence-electron chi connectivity index (χ1n) is 9.18. The Hall–Kier alpha value is -1.46. The van der Waals surface area contributed by atoms with E-state index in [0.717, 1.165) is 64.0 Å². The summed E-state index contributed by atoms with van der Waals surface area (Å²) in [6, 6.07) is 6.46. The Kier molecular flexibility index (Phi) is 4.31. The van der Waals surface area contributed by atoms with Gasteiger partial charge in [0.15, 0.2) is 0 Å². The van der Waals surface area contributed by atoms with Crippen molar-refractivity contribution in [2.75, 3.05) is 26.7 Å². The van der Waals surface area contributed by atoms with E-state index in [1.54, 1.807) is 0 Å². The maximum absolute atomic E-state index is 12.4. The van der Waals surface area contributed by atoms with Crippen molar-refractivity contribution in [1.29, 1.82) is 0 Å². The van der Waals surface area contributed by atoms with Crippen molar-refractivity contribution in [2.45, 2.75) is 50.3 Å². The Balaban J connectivity index is 1.37. The van der Waals surface area contributed by atoms with Crippen LogP contribution in [-0.2, 0) is 16.1 Å². The van der Waals surface area contributed by atoms with Gasteiger partial charge in [-0.05, 0) is 51.3 Å². The number of amides is 1. The Morgan fingerprint density at radius 1 is 1.46 bits per heavy atom. The zero-order valence-electron chi connectivity index (χ0n) is 14.5. The minimum absolute atomic E-state index is 0.119. The third kappa shape index (κ3) is 3.33. The number of likely N-dealkylation sites (N-methyl/N-ethyl adjacent to an activating group) is 1. The first-order valence-corrected chi connectivity index (χ1v) is 9.18. The van der Waals surface area contributed by atoms with Gasteiger partial charge < -0.3 is 9.64 Å². The molecule has 24 heavy (non-hydrogen) atoms. The molecule has 0 bridgehead atoms. The average Bonchev–Trinajstić information content (AvgIpc) is 3.38. The van der Waals surface area contributed by atoms with Gasteiger partial charge in [0, 0.05) is 37.8 Å². The van der Waals surface area contributed by atoms with Crippen LogP contribution in [0.25, 0.3) is 0 Å². The maximum atomic E-state index is 12.4. The third-order valence-corrected chi connectivity index (χ3v) is 5.73. The van der Waals surface area contributed by atoms with Crippen molar-refractivity contribution >= 4 is 5.91 Å². The van der Waals surface area contributed by atoms with Crippen LogP contribution in [-0.4, -0.2) is 59.1 Å². The highest BCUT2D eigenvalue weighted by atomic mass is 16.5. The fraction of sp³-hybridized carbons (Fsp3) is 0.684. The molecule has 3 heterocycles. The third-order valence-electron chi connectivity index (χ3n) is 5.73. The van der Waals surface area contributed by atoms with Gasteiger partial charge in [-0.1, -0.05) is 6.07 Å². The summed E-state index contributed by atoms with van der Waals surface area (Å²) in [6.07, 6.45) is 7.17. The second-order valence-corrected chi connectivity index (χ2v) is 7.73. The van der Waals surface area contributed by atoms with E-state index in [2.05, 4.69) is 27.9 Å². The molecule has 1 amide bonds. The van der Waals surface area contributed by atoms with Crippen LogP contribution in [0.3, 0.4) is 0 Å². The van der Waals surface area contributed by atoms with E-state index in [0.29, 0.717) is 17.9 Å². The van der Waals surface area contributed by atoms with E-state index in [1.165, 1.54) is 0 Å². The molecule has 3 aliphatic rings. The fourth-order valence-corrected chi connectivity index (χ4v) is 4.14. The van der Waals surface area contributed by atoms with Gasteiger partial charge in [-0.25, -0.2) is 0 Å². The number of nitrogens with zero attached hydrogens (tertiary/aromatic N) is 3. The summed E-state index contributed by atoms with van der Waals surface area (Å²) in [4.78, 5) is 21.2. The van der Waals surface area contributed by atoms with Crippen LogP contribution in [0, 0.1) is 5.92 Å². The Bertz CT molecular complexity index is 590. The maximum Gasteiger partial charge on any atom is 0.225 e.